The van der Waals surface area contributed by atoms with Gasteiger partial charge in [-0.1, -0.05) is 33.8 Å². The number of rotatable bonds is 2. The Morgan fingerprint density at radius 2 is 1.64 bits per heavy atom. The molecule has 2 heteroatoms. The molecule has 78 valence electrons. The first-order chi connectivity index (χ1) is 6.45. The van der Waals surface area contributed by atoms with Crippen LogP contribution in [0.3, 0.4) is 0 Å². The van der Waals surface area contributed by atoms with Crippen molar-refractivity contribution in [2.45, 2.75) is 39.5 Å². The maximum absolute atomic E-state index is 9.53. The number of hydrogen-bond acceptors (Lipinski definition) is 2. The summed E-state index contributed by atoms with van der Waals surface area (Å²) in [6.07, 6.45) is 0. The van der Waals surface area contributed by atoms with Gasteiger partial charge in [0, 0.05) is 0 Å². The summed E-state index contributed by atoms with van der Waals surface area (Å²) in [4.78, 5) is 0. The average Bonchev–Trinajstić information content (AvgIpc) is 2.08. The van der Waals surface area contributed by atoms with Crippen LogP contribution in [0.2, 0.25) is 0 Å². The van der Waals surface area contributed by atoms with E-state index in [1.54, 1.807) is 6.07 Å². The number of anilines is 1. The van der Waals surface area contributed by atoms with Gasteiger partial charge in [-0.2, -0.15) is 0 Å². The topological polar surface area (TPSA) is 46.2 Å². The quantitative estimate of drug-likeness (QED) is 0.559. The van der Waals surface area contributed by atoms with Crippen LogP contribution >= 0.6 is 0 Å². The van der Waals surface area contributed by atoms with Crippen LogP contribution in [0.1, 0.15) is 50.7 Å². The molecule has 0 saturated heterocycles. The van der Waals surface area contributed by atoms with Gasteiger partial charge >= 0.3 is 0 Å². The number of hydrogen-bond donors (Lipinski definition) is 2. The monoisotopic (exact) mass is 193 g/mol. The molecule has 0 aromatic heterocycles. The van der Waals surface area contributed by atoms with E-state index in [1.807, 2.05) is 6.07 Å². The Labute approximate surface area is 85.8 Å². The molecule has 0 aliphatic heterocycles. The minimum atomic E-state index is 0.193. The van der Waals surface area contributed by atoms with Crippen molar-refractivity contribution in [1.29, 1.82) is 0 Å². The summed E-state index contributed by atoms with van der Waals surface area (Å²) in [6.45, 7) is 8.46. The molecule has 1 aromatic rings. The van der Waals surface area contributed by atoms with Gasteiger partial charge in [0.25, 0.3) is 0 Å². The molecule has 1 rings (SSSR count). The first kappa shape index (κ1) is 10.9. The Hall–Kier alpha value is -1.18. The van der Waals surface area contributed by atoms with Gasteiger partial charge in [0.1, 0.15) is 5.75 Å². The molecule has 0 aliphatic carbocycles. The predicted molar refractivity (Wildman–Crippen MR) is 60.7 cm³/mol. The second kappa shape index (κ2) is 3.91. The summed E-state index contributed by atoms with van der Waals surface area (Å²) in [5, 5.41) is 9.53. The lowest BCUT2D eigenvalue weighted by molar-refractivity contribution is 0.476. The van der Waals surface area contributed by atoms with E-state index < -0.39 is 0 Å². The Kier molecular flexibility index (Phi) is 3.04. The molecule has 0 spiro atoms. The number of benzene rings is 1. The molecule has 0 bridgehead atoms. The molecule has 0 fully saturated rings. The zero-order valence-electron chi connectivity index (χ0n) is 9.33. The summed E-state index contributed by atoms with van der Waals surface area (Å²) in [6, 6.07) is 3.64. The van der Waals surface area contributed by atoms with Crippen LogP contribution < -0.4 is 5.73 Å². The molecule has 0 saturated carbocycles. The van der Waals surface area contributed by atoms with Crippen LogP contribution in [0.25, 0.3) is 0 Å². The van der Waals surface area contributed by atoms with E-state index in [9.17, 15) is 5.11 Å². The smallest absolute Gasteiger partial charge is 0.138 e. The summed E-state index contributed by atoms with van der Waals surface area (Å²) < 4.78 is 0. The van der Waals surface area contributed by atoms with Crippen LogP contribution in [0.4, 0.5) is 5.69 Å². The summed E-state index contributed by atoms with van der Waals surface area (Å²) >= 11 is 0. The third-order valence-electron chi connectivity index (χ3n) is 2.50. The van der Waals surface area contributed by atoms with E-state index in [0.29, 0.717) is 17.5 Å². The van der Waals surface area contributed by atoms with E-state index in [1.165, 1.54) is 5.56 Å². The molecule has 0 atom stereocenters. The first-order valence-electron chi connectivity index (χ1n) is 5.06. The Morgan fingerprint density at radius 3 is 2.07 bits per heavy atom. The number of phenols is 1. The van der Waals surface area contributed by atoms with Gasteiger partial charge < -0.3 is 10.8 Å². The van der Waals surface area contributed by atoms with Gasteiger partial charge in [0.2, 0.25) is 0 Å². The maximum atomic E-state index is 9.53. The Bertz CT molecular complexity index is 329. The van der Waals surface area contributed by atoms with E-state index in [4.69, 9.17) is 5.73 Å². The molecule has 2 nitrogen and oxygen atoms in total. The number of nitrogen functional groups attached to an aromatic ring is 1. The highest BCUT2D eigenvalue weighted by Crippen LogP contribution is 2.35. The van der Waals surface area contributed by atoms with Crippen LogP contribution in [-0.2, 0) is 0 Å². The predicted octanol–water partition coefficient (Wildman–Crippen LogP) is 3.22. The van der Waals surface area contributed by atoms with Crippen molar-refractivity contribution < 1.29 is 5.11 Å². The zero-order chi connectivity index (χ0) is 10.9. The molecule has 3 N–H and O–H groups in total. The number of aromatic hydroxyl groups is 1. The van der Waals surface area contributed by atoms with Crippen molar-refractivity contribution in [3.05, 3.63) is 23.3 Å². The number of phenolic OH excluding ortho intramolecular Hbond substituents is 1. The van der Waals surface area contributed by atoms with Crippen molar-refractivity contribution in [3.63, 3.8) is 0 Å². The molecule has 0 heterocycles. The second-order valence-electron chi connectivity index (χ2n) is 4.31. The fourth-order valence-corrected chi connectivity index (χ4v) is 1.79. The van der Waals surface area contributed by atoms with Crippen LogP contribution in [-0.4, -0.2) is 5.11 Å². The van der Waals surface area contributed by atoms with Crippen molar-refractivity contribution in [3.8, 4) is 5.75 Å². The standard InChI is InChI=1S/C12H19NO/c1-7(2)9-5-6-10(14)12(13)11(9)8(3)4/h5-8,14H,13H2,1-4H3. The molecule has 0 aliphatic rings. The van der Waals surface area contributed by atoms with E-state index in [2.05, 4.69) is 27.7 Å². The van der Waals surface area contributed by atoms with Crippen molar-refractivity contribution in [2.75, 3.05) is 5.73 Å². The third kappa shape index (κ3) is 1.84. The Balaban J connectivity index is 3.38. The Morgan fingerprint density at radius 1 is 1.07 bits per heavy atom. The normalized spacial score (nSPS) is 11.3. The van der Waals surface area contributed by atoms with Gasteiger partial charge in [0.05, 0.1) is 5.69 Å². The molecular weight excluding hydrogens is 174 g/mol. The highest BCUT2D eigenvalue weighted by atomic mass is 16.3. The zero-order valence-corrected chi connectivity index (χ0v) is 9.33. The maximum Gasteiger partial charge on any atom is 0.138 e. The fraction of sp³-hybridized carbons (Fsp3) is 0.500. The second-order valence-corrected chi connectivity index (χ2v) is 4.31. The van der Waals surface area contributed by atoms with E-state index >= 15 is 0 Å². The highest BCUT2D eigenvalue weighted by Gasteiger charge is 2.15. The lowest BCUT2D eigenvalue weighted by Gasteiger charge is -2.18. The minimum absolute atomic E-state index is 0.193. The van der Waals surface area contributed by atoms with Crippen molar-refractivity contribution >= 4 is 5.69 Å². The van der Waals surface area contributed by atoms with Gasteiger partial charge in [-0.25, -0.2) is 0 Å². The lowest BCUT2D eigenvalue weighted by Crippen LogP contribution is -2.03. The average molecular weight is 193 g/mol. The van der Waals surface area contributed by atoms with Gasteiger partial charge in [-0.3, -0.25) is 0 Å². The van der Waals surface area contributed by atoms with Gasteiger partial charge in [-0.15, -0.1) is 0 Å². The lowest BCUT2D eigenvalue weighted by atomic mass is 9.89. The molecule has 14 heavy (non-hydrogen) atoms. The molecule has 1 aromatic carbocycles. The highest BCUT2D eigenvalue weighted by molar-refractivity contribution is 5.62. The molecule has 0 amide bonds. The third-order valence-corrected chi connectivity index (χ3v) is 2.50. The van der Waals surface area contributed by atoms with Crippen LogP contribution in [0, 0.1) is 0 Å². The largest absolute Gasteiger partial charge is 0.506 e. The summed E-state index contributed by atoms with van der Waals surface area (Å²) in [5.74, 6) is 0.980. The minimum Gasteiger partial charge on any atom is -0.506 e. The summed E-state index contributed by atoms with van der Waals surface area (Å²) in [5.41, 5.74) is 8.72. The number of nitrogens with two attached hydrogens (primary N) is 1. The van der Waals surface area contributed by atoms with Gasteiger partial charge in [-0.05, 0) is 29.0 Å². The van der Waals surface area contributed by atoms with Crippen molar-refractivity contribution in [1.82, 2.24) is 0 Å². The summed E-state index contributed by atoms with van der Waals surface area (Å²) in [7, 11) is 0. The first-order valence-corrected chi connectivity index (χ1v) is 5.06. The molecule has 0 unspecified atom stereocenters. The fourth-order valence-electron chi connectivity index (χ4n) is 1.79. The van der Waals surface area contributed by atoms with Crippen molar-refractivity contribution in [2.24, 2.45) is 0 Å². The SMILES string of the molecule is CC(C)c1ccc(O)c(N)c1C(C)C. The molecule has 0 radical (unpaired) electrons. The van der Waals surface area contributed by atoms with Crippen LogP contribution in [0.15, 0.2) is 12.1 Å². The van der Waals surface area contributed by atoms with E-state index in [-0.39, 0.29) is 5.75 Å². The molecular formula is C12H19NO. The van der Waals surface area contributed by atoms with Gasteiger partial charge in [0.15, 0.2) is 0 Å². The van der Waals surface area contributed by atoms with E-state index in [0.717, 1.165) is 5.56 Å². The van der Waals surface area contributed by atoms with Crippen LogP contribution in [0.5, 0.6) is 5.75 Å².